The van der Waals surface area contributed by atoms with E-state index in [1.165, 1.54) is 45.9 Å². The monoisotopic (exact) mass is 673 g/mol. The van der Waals surface area contributed by atoms with Crippen LogP contribution < -0.4 is 0 Å². The average molecular weight is 674 g/mol. The number of hydrogen-bond donors (Lipinski definition) is 0. The minimum Gasteiger partial charge on any atom is -0.208 e. The Labute approximate surface area is 296 Å². The molecule has 10 rings (SSSR count). The van der Waals surface area contributed by atoms with Crippen molar-refractivity contribution in [1.82, 2.24) is 15.0 Å². The maximum atomic E-state index is 5.20. The molecule has 50 heavy (non-hydrogen) atoms. The average Bonchev–Trinajstić information content (AvgIpc) is 3.76. The summed E-state index contributed by atoms with van der Waals surface area (Å²) in [4.78, 5) is 15.4. The first-order valence-electron chi connectivity index (χ1n) is 16.6. The van der Waals surface area contributed by atoms with Crippen LogP contribution in [0.2, 0.25) is 0 Å². The van der Waals surface area contributed by atoms with Gasteiger partial charge >= 0.3 is 0 Å². The van der Waals surface area contributed by atoms with E-state index in [0.29, 0.717) is 17.5 Å². The van der Waals surface area contributed by atoms with Crippen molar-refractivity contribution in [2.45, 2.75) is 0 Å². The van der Waals surface area contributed by atoms with Crippen LogP contribution in [0, 0.1) is 0 Å². The van der Waals surface area contributed by atoms with Gasteiger partial charge in [-0.15, -0.1) is 22.7 Å². The molecule has 0 aliphatic heterocycles. The van der Waals surface area contributed by atoms with E-state index in [9.17, 15) is 0 Å². The molecule has 0 unspecified atom stereocenters. The fourth-order valence-electron chi connectivity index (χ4n) is 6.99. The Kier molecular flexibility index (Phi) is 6.86. The quantitative estimate of drug-likeness (QED) is 0.182. The molecule has 0 aliphatic rings. The Hall–Kier alpha value is -6.01. The second-order valence-electron chi connectivity index (χ2n) is 12.4. The van der Waals surface area contributed by atoms with Crippen LogP contribution in [0.5, 0.6) is 0 Å². The Morgan fingerprint density at radius 2 is 0.840 bits per heavy atom. The van der Waals surface area contributed by atoms with Crippen LogP contribution in [0.4, 0.5) is 0 Å². The fourth-order valence-corrected chi connectivity index (χ4v) is 9.26. The smallest absolute Gasteiger partial charge is 0.164 e. The molecule has 0 radical (unpaired) electrons. The summed E-state index contributed by atoms with van der Waals surface area (Å²) in [7, 11) is 0. The summed E-state index contributed by atoms with van der Waals surface area (Å²) in [5, 5.41) is 5.13. The predicted molar refractivity (Wildman–Crippen MR) is 213 cm³/mol. The van der Waals surface area contributed by atoms with Gasteiger partial charge < -0.3 is 0 Å². The largest absolute Gasteiger partial charge is 0.208 e. The first kappa shape index (κ1) is 29.0. The topological polar surface area (TPSA) is 38.7 Å². The molecular weight excluding hydrogens is 647 g/mol. The summed E-state index contributed by atoms with van der Waals surface area (Å²) >= 11 is 3.68. The van der Waals surface area contributed by atoms with Crippen LogP contribution in [0.25, 0.3) is 96.8 Å². The van der Waals surface area contributed by atoms with E-state index in [2.05, 4.69) is 127 Å². The van der Waals surface area contributed by atoms with E-state index in [1.54, 1.807) is 0 Å². The predicted octanol–water partition coefficient (Wildman–Crippen LogP) is 12.9. The lowest BCUT2D eigenvalue weighted by Gasteiger charge is -2.15. The second kappa shape index (κ2) is 11.8. The highest BCUT2D eigenvalue weighted by Crippen LogP contribution is 2.43. The lowest BCUT2D eigenvalue weighted by Crippen LogP contribution is -2.01. The maximum Gasteiger partial charge on any atom is 0.164 e. The molecule has 0 aliphatic carbocycles. The van der Waals surface area contributed by atoms with Crippen LogP contribution in [-0.2, 0) is 0 Å². The number of nitrogens with zero attached hydrogens (tertiary/aromatic N) is 3. The number of hydrogen-bond acceptors (Lipinski definition) is 5. The summed E-state index contributed by atoms with van der Waals surface area (Å²) < 4.78 is 5.13. The third-order valence-corrected chi connectivity index (χ3v) is 11.6. The lowest BCUT2D eigenvalue weighted by atomic mass is 9.92. The van der Waals surface area contributed by atoms with Crippen molar-refractivity contribution in [3.05, 3.63) is 164 Å². The third-order valence-electron chi connectivity index (χ3n) is 9.36. The molecule has 3 nitrogen and oxygen atoms in total. The summed E-state index contributed by atoms with van der Waals surface area (Å²) in [6.45, 7) is 0. The van der Waals surface area contributed by atoms with Gasteiger partial charge in [0.15, 0.2) is 17.5 Å². The van der Waals surface area contributed by atoms with E-state index >= 15 is 0 Å². The molecule has 0 saturated carbocycles. The van der Waals surface area contributed by atoms with Gasteiger partial charge in [-0.05, 0) is 52.6 Å². The Balaban J connectivity index is 1.25. The highest BCUT2D eigenvalue weighted by molar-refractivity contribution is 7.26. The number of benzene rings is 7. The van der Waals surface area contributed by atoms with Gasteiger partial charge in [0.1, 0.15) is 0 Å². The molecule has 3 aromatic heterocycles. The van der Waals surface area contributed by atoms with Gasteiger partial charge in [-0.1, -0.05) is 133 Å². The summed E-state index contributed by atoms with van der Waals surface area (Å²) in [5.74, 6) is 1.95. The van der Waals surface area contributed by atoms with Gasteiger partial charge in [-0.25, -0.2) is 15.0 Å². The minimum atomic E-state index is 0.647. The fraction of sp³-hybridized carbons (Fsp3) is 0. The first-order valence-corrected chi connectivity index (χ1v) is 18.2. The second-order valence-corrected chi connectivity index (χ2v) is 14.6. The van der Waals surface area contributed by atoms with E-state index in [0.717, 1.165) is 33.4 Å². The number of rotatable bonds is 5. The summed E-state index contributed by atoms with van der Waals surface area (Å²) in [6.07, 6.45) is 0. The molecule has 0 amide bonds. The van der Waals surface area contributed by atoms with Gasteiger partial charge in [0.25, 0.3) is 0 Å². The van der Waals surface area contributed by atoms with Crippen molar-refractivity contribution in [3.63, 3.8) is 0 Å². The maximum absolute atomic E-state index is 5.20. The highest BCUT2D eigenvalue weighted by Gasteiger charge is 2.19. The minimum absolute atomic E-state index is 0.647. The van der Waals surface area contributed by atoms with Crippen LogP contribution in [0.15, 0.2) is 164 Å². The van der Waals surface area contributed by atoms with Gasteiger partial charge in [0.2, 0.25) is 0 Å². The van der Waals surface area contributed by atoms with E-state index in [4.69, 9.17) is 15.0 Å². The van der Waals surface area contributed by atoms with Crippen molar-refractivity contribution >= 4 is 63.0 Å². The standard InChI is InChI=1S/C45H27N3S2/c1-3-12-28(13-4-1)43-46-44(29-14-5-2-6-15-29)48-45(47-43)37-26-30(33-18-11-21-40-42(33)36-17-8-10-20-39(36)49-40)22-24-32(37)31-23-25-35-34-16-7-9-19-38(34)50-41(35)27-31/h1-27H. The zero-order valence-corrected chi connectivity index (χ0v) is 28.4. The number of fused-ring (bicyclic) bond motifs is 6. The van der Waals surface area contributed by atoms with Crippen molar-refractivity contribution in [2.75, 3.05) is 0 Å². The molecule has 0 atom stereocenters. The Morgan fingerprint density at radius 3 is 1.58 bits per heavy atom. The molecule has 0 bridgehead atoms. The molecule has 10 aromatic rings. The zero-order valence-electron chi connectivity index (χ0n) is 26.7. The zero-order chi connectivity index (χ0) is 33.0. The number of thiophene rings is 2. The molecule has 234 valence electrons. The van der Waals surface area contributed by atoms with Crippen LogP contribution in [0.1, 0.15) is 0 Å². The third kappa shape index (κ3) is 4.90. The normalized spacial score (nSPS) is 11.6. The molecule has 0 saturated heterocycles. The van der Waals surface area contributed by atoms with Crippen molar-refractivity contribution in [3.8, 4) is 56.4 Å². The summed E-state index contributed by atoms with van der Waals surface area (Å²) in [5.41, 5.74) is 7.42. The molecular formula is C45H27N3S2. The van der Waals surface area contributed by atoms with Crippen LogP contribution in [0.3, 0.4) is 0 Å². The summed E-state index contributed by atoms with van der Waals surface area (Å²) in [6, 6.07) is 58.0. The van der Waals surface area contributed by atoms with E-state index < -0.39 is 0 Å². The molecule has 5 heteroatoms. The van der Waals surface area contributed by atoms with Gasteiger partial charge in [-0.2, -0.15) is 0 Å². The SMILES string of the molecule is c1ccc(-c2nc(-c3ccccc3)nc(-c3cc(-c4cccc5sc6ccccc6c45)ccc3-c3ccc4c(c3)sc3ccccc34)n2)cc1. The van der Waals surface area contributed by atoms with Crippen LogP contribution >= 0.6 is 22.7 Å². The molecule has 3 heterocycles. The van der Waals surface area contributed by atoms with Crippen LogP contribution in [-0.4, -0.2) is 15.0 Å². The first-order chi connectivity index (χ1) is 24.8. The van der Waals surface area contributed by atoms with Crippen molar-refractivity contribution in [1.29, 1.82) is 0 Å². The molecule has 0 N–H and O–H groups in total. The Bertz CT molecular complexity index is 2810. The molecule has 7 aromatic carbocycles. The Morgan fingerprint density at radius 1 is 0.300 bits per heavy atom. The lowest BCUT2D eigenvalue weighted by molar-refractivity contribution is 1.07. The molecule has 0 spiro atoms. The molecule has 0 fully saturated rings. The number of aromatic nitrogens is 3. The van der Waals surface area contributed by atoms with Crippen molar-refractivity contribution in [2.24, 2.45) is 0 Å². The van der Waals surface area contributed by atoms with E-state index in [1.807, 2.05) is 59.1 Å². The van der Waals surface area contributed by atoms with Gasteiger partial charge in [-0.3, -0.25) is 0 Å². The van der Waals surface area contributed by atoms with E-state index in [-0.39, 0.29) is 0 Å². The van der Waals surface area contributed by atoms with Gasteiger partial charge in [0, 0.05) is 57.0 Å². The van der Waals surface area contributed by atoms with Gasteiger partial charge in [0.05, 0.1) is 0 Å². The highest BCUT2D eigenvalue weighted by atomic mass is 32.1. The van der Waals surface area contributed by atoms with Crippen molar-refractivity contribution < 1.29 is 0 Å².